The van der Waals surface area contributed by atoms with Gasteiger partial charge < -0.3 is 9.73 Å². The SMILES string of the molecule is CCNCc1cc(S(=O)(=O)NC2(C)CCCCC2)c(C)o1. The highest BCUT2D eigenvalue weighted by Gasteiger charge is 2.33. The maximum atomic E-state index is 12.6. The van der Waals surface area contributed by atoms with Crippen molar-refractivity contribution in [3.63, 3.8) is 0 Å². The van der Waals surface area contributed by atoms with E-state index in [2.05, 4.69) is 10.0 Å². The van der Waals surface area contributed by atoms with Gasteiger partial charge in [-0.2, -0.15) is 0 Å². The summed E-state index contributed by atoms with van der Waals surface area (Å²) < 4.78 is 33.7. The molecule has 1 fully saturated rings. The Labute approximate surface area is 127 Å². The molecule has 0 spiro atoms. The molecule has 1 aromatic heterocycles. The first kappa shape index (κ1) is 16.5. The van der Waals surface area contributed by atoms with Crippen molar-refractivity contribution in [2.45, 2.75) is 69.9 Å². The summed E-state index contributed by atoms with van der Waals surface area (Å²) in [6, 6.07) is 1.63. The molecular weight excluding hydrogens is 288 g/mol. The van der Waals surface area contributed by atoms with Crippen molar-refractivity contribution in [1.29, 1.82) is 0 Å². The van der Waals surface area contributed by atoms with Crippen LogP contribution >= 0.6 is 0 Å². The van der Waals surface area contributed by atoms with Crippen LogP contribution in [0.1, 0.15) is 57.5 Å². The van der Waals surface area contributed by atoms with Gasteiger partial charge in [0.2, 0.25) is 10.0 Å². The fraction of sp³-hybridized carbons (Fsp3) is 0.733. The molecule has 0 aromatic carbocycles. The third kappa shape index (κ3) is 4.08. The van der Waals surface area contributed by atoms with Crippen LogP contribution in [0.25, 0.3) is 0 Å². The Kier molecular flexibility index (Phi) is 5.11. The summed E-state index contributed by atoms with van der Waals surface area (Å²) in [5.41, 5.74) is -0.331. The molecule has 0 radical (unpaired) electrons. The normalized spacial score (nSPS) is 18.8. The number of sulfonamides is 1. The summed E-state index contributed by atoms with van der Waals surface area (Å²) in [7, 11) is -3.52. The molecule has 1 aliphatic rings. The van der Waals surface area contributed by atoms with E-state index in [-0.39, 0.29) is 10.4 Å². The second-order valence-electron chi connectivity index (χ2n) is 6.14. The van der Waals surface area contributed by atoms with Crippen LogP contribution < -0.4 is 10.0 Å². The van der Waals surface area contributed by atoms with E-state index in [4.69, 9.17) is 4.42 Å². The standard InChI is InChI=1S/C15H26N2O3S/c1-4-16-11-13-10-14(12(2)20-13)21(18,19)17-15(3)8-6-5-7-9-15/h10,16-17H,4-9,11H2,1-3H3. The largest absolute Gasteiger partial charge is 0.464 e. The van der Waals surface area contributed by atoms with Crippen LogP contribution in [0.2, 0.25) is 0 Å². The van der Waals surface area contributed by atoms with Crippen molar-refractivity contribution in [2.24, 2.45) is 0 Å². The van der Waals surface area contributed by atoms with Crippen LogP contribution in [0, 0.1) is 6.92 Å². The van der Waals surface area contributed by atoms with Crippen LogP contribution in [-0.2, 0) is 16.6 Å². The van der Waals surface area contributed by atoms with E-state index < -0.39 is 10.0 Å². The lowest BCUT2D eigenvalue weighted by Gasteiger charge is -2.33. The molecule has 0 unspecified atom stereocenters. The Morgan fingerprint density at radius 1 is 1.29 bits per heavy atom. The summed E-state index contributed by atoms with van der Waals surface area (Å²) in [4.78, 5) is 0.266. The number of nitrogens with one attached hydrogen (secondary N) is 2. The molecular formula is C15H26N2O3S. The Morgan fingerprint density at radius 3 is 2.57 bits per heavy atom. The Morgan fingerprint density at radius 2 is 1.95 bits per heavy atom. The highest BCUT2D eigenvalue weighted by Crippen LogP contribution is 2.30. The summed E-state index contributed by atoms with van der Waals surface area (Å²) in [5.74, 6) is 1.11. The molecule has 0 saturated heterocycles. The van der Waals surface area contributed by atoms with E-state index in [1.165, 1.54) is 6.42 Å². The lowest BCUT2D eigenvalue weighted by molar-refractivity contribution is 0.294. The minimum Gasteiger partial charge on any atom is -0.464 e. The Hall–Kier alpha value is -0.850. The molecule has 5 nitrogen and oxygen atoms in total. The molecule has 0 bridgehead atoms. The van der Waals surface area contributed by atoms with Crippen LogP contribution in [-0.4, -0.2) is 20.5 Å². The topological polar surface area (TPSA) is 71.3 Å². The molecule has 120 valence electrons. The summed E-state index contributed by atoms with van der Waals surface area (Å²) in [5, 5.41) is 3.14. The monoisotopic (exact) mass is 314 g/mol. The first-order valence-corrected chi connectivity index (χ1v) is 9.19. The molecule has 0 amide bonds. The molecule has 1 aromatic rings. The predicted octanol–water partition coefficient (Wildman–Crippen LogP) is 2.70. The minimum atomic E-state index is -3.52. The molecule has 2 N–H and O–H groups in total. The van der Waals surface area contributed by atoms with Gasteiger partial charge in [-0.05, 0) is 33.2 Å². The van der Waals surface area contributed by atoms with Crippen molar-refractivity contribution in [3.05, 3.63) is 17.6 Å². The van der Waals surface area contributed by atoms with E-state index in [9.17, 15) is 8.42 Å². The number of hydrogen-bond donors (Lipinski definition) is 2. The van der Waals surface area contributed by atoms with E-state index >= 15 is 0 Å². The van der Waals surface area contributed by atoms with Gasteiger partial charge in [-0.3, -0.25) is 0 Å². The van der Waals surface area contributed by atoms with Crippen molar-refractivity contribution in [1.82, 2.24) is 10.0 Å². The first-order valence-electron chi connectivity index (χ1n) is 7.70. The van der Waals surface area contributed by atoms with Crippen LogP contribution in [0.4, 0.5) is 0 Å². The van der Waals surface area contributed by atoms with Gasteiger partial charge in [-0.1, -0.05) is 26.2 Å². The average Bonchev–Trinajstić information content (AvgIpc) is 2.78. The second kappa shape index (κ2) is 6.50. The van der Waals surface area contributed by atoms with Gasteiger partial charge in [0.15, 0.2) is 0 Å². The van der Waals surface area contributed by atoms with Crippen molar-refractivity contribution >= 4 is 10.0 Å². The number of aryl methyl sites for hydroxylation is 1. The van der Waals surface area contributed by atoms with Gasteiger partial charge in [0, 0.05) is 11.6 Å². The van der Waals surface area contributed by atoms with Gasteiger partial charge in [-0.15, -0.1) is 0 Å². The van der Waals surface area contributed by atoms with E-state index in [0.717, 1.165) is 32.2 Å². The highest BCUT2D eigenvalue weighted by atomic mass is 32.2. The zero-order chi connectivity index (χ0) is 15.5. The zero-order valence-electron chi connectivity index (χ0n) is 13.2. The molecule has 1 heterocycles. The van der Waals surface area contributed by atoms with Crippen LogP contribution in [0.5, 0.6) is 0 Å². The quantitative estimate of drug-likeness (QED) is 0.847. The van der Waals surface area contributed by atoms with Gasteiger partial charge in [0.1, 0.15) is 16.4 Å². The minimum absolute atomic E-state index is 0.266. The summed E-state index contributed by atoms with van der Waals surface area (Å²) in [6.07, 6.45) is 5.14. The molecule has 2 rings (SSSR count). The Balaban J connectivity index is 2.17. The number of hydrogen-bond acceptors (Lipinski definition) is 4. The van der Waals surface area contributed by atoms with Crippen molar-refractivity contribution in [2.75, 3.05) is 6.54 Å². The highest BCUT2D eigenvalue weighted by molar-refractivity contribution is 7.89. The van der Waals surface area contributed by atoms with Crippen LogP contribution in [0.15, 0.2) is 15.4 Å². The maximum Gasteiger partial charge on any atom is 0.244 e. The first-order chi connectivity index (χ1) is 9.86. The smallest absolute Gasteiger partial charge is 0.244 e. The third-order valence-electron chi connectivity index (χ3n) is 4.10. The van der Waals surface area contributed by atoms with E-state index in [0.29, 0.717) is 18.1 Å². The van der Waals surface area contributed by atoms with Gasteiger partial charge in [-0.25, -0.2) is 13.1 Å². The maximum absolute atomic E-state index is 12.6. The number of rotatable bonds is 6. The molecule has 1 aliphatic carbocycles. The molecule has 0 atom stereocenters. The molecule has 0 aliphatic heterocycles. The number of furan rings is 1. The average molecular weight is 314 g/mol. The van der Waals surface area contributed by atoms with Gasteiger partial charge in [0.25, 0.3) is 0 Å². The fourth-order valence-corrected chi connectivity index (χ4v) is 4.61. The van der Waals surface area contributed by atoms with Gasteiger partial charge in [0.05, 0.1) is 6.54 Å². The molecule has 1 saturated carbocycles. The molecule has 21 heavy (non-hydrogen) atoms. The Bertz CT molecular complexity index is 572. The summed E-state index contributed by atoms with van der Waals surface area (Å²) in [6.45, 7) is 7.06. The lowest BCUT2D eigenvalue weighted by atomic mass is 9.84. The van der Waals surface area contributed by atoms with E-state index in [1.54, 1.807) is 13.0 Å². The lowest BCUT2D eigenvalue weighted by Crippen LogP contribution is -2.47. The molecule has 6 heteroatoms. The fourth-order valence-electron chi connectivity index (χ4n) is 2.94. The van der Waals surface area contributed by atoms with Crippen molar-refractivity contribution in [3.8, 4) is 0 Å². The second-order valence-corrected chi connectivity index (χ2v) is 7.79. The third-order valence-corrected chi connectivity index (χ3v) is 5.85. The van der Waals surface area contributed by atoms with Crippen LogP contribution in [0.3, 0.4) is 0 Å². The zero-order valence-corrected chi connectivity index (χ0v) is 14.0. The van der Waals surface area contributed by atoms with Crippen molar-refractivity contribution < 1.29 is 12.8 Å². The summed E-state index contributed by atoms with van der Waals surface area (Å²) >= 11 is 0. The predicted molar refractivity (Wildman–Crippen MR) is 82.6 cm³/mol. The van der Waals surface area contributed by atoms with E-state index in [1.807, 2.05) is 13.8 Å². The van der Waals surface area contributed by atoms with Gasteiger partial charge >= 0.3 is 0 Å².